The molecule has 3 aromatic rings. The topological polar surface area (TPSA) is 107 Å². The molecule has 0 saturated heterocycles. The van der Waals surface area contributed by atoms with Crippen LogP contribution in [-0.4, -0.2) is 27.2 Å². The Morgan fingerprint density at radius 2 is 1.77 bits per heavy atom. The highest BCUT2D eigenvalue weighted by molar-refractivity contribution is 7.99. The van der Waals surface area contributed by atoms with Crippen molar-refractivity contribution >= 4 is 34.6 Å². The molecule has 3 N–H and O–H groups in total. The number of hydrogen-bond acceptors (Lipinski definition) is 5. The summed E-state index contributed by atoms with van der Waals surface area (Å²) >= 11 is 1.27. The van der Waals surface area contributed by atoms with Gasteiger partial charge < -0.3 is 5.73 Å². The monoisotopic (exact) mass is 368 g/mol. The smallest absolute Gasteiger partial charge is 0.318 e. The number of urea groups is 1. The van der Waals surface area contributed by atoms with Gasteiger partial charge in [-0.15, -0.1) is 0 Å². The average molecular weight is 368 g/mol. The summed E-state index contributed by atoms with van der Waals surface area (Å²) in [6, 6.07) is 15.4. The van der Waals surface area contributed by atoms with Crippen molar-refractivity contribution in [3.63, 3.8) is 0 Å². The van der Waals surface area contributed by atoms with Crippen LogP contribution < -0.4 is 16.6 Å². The number of nitrogens with zero attached hydrogens (tertiary/aromatic N) is 2. The summed E-state index contributed by atoms with van der Waals surface area (Å²) in [6.45, 7) is 0. The Bertz CT molecular complexity index is 1020. The summed E-state index contributed by atoms with van der Waals surface area (Å²) in [5.41, 5.74) is 6.03. The molecule has 1 aromatic heterocycles. The maximum Gasteiger partial charge on any atom is 0.318 e. The molecule has 132 valence electrons. The van der Waals surface area contributed by atoms with Crippen molar-refractivity contribution in [2.24, 2.45) is 5.73 Å². The molecule has 8 heteroatoms. The Morgan fingerprint density at radius 1 is 1.08 bits per heavy atom. The number of para-hydroxylation sites is 2. The van der Waals surface area contributed by atoms with E-state index >= 15 is 0 Å². The fraction of sp³-hybridized carbons (Fsp3) is 0.111. The number of imide groups is 1. The molecule has 2 aromatic carbocycles. The number of amides is 3. The van der Waals surface area contributed by atoms with E-state index < -0.39 is 11.9 Å². The van der Waals surface area contributed by atoms with Gasteiger partial charge in [0, 0.05) is 12.2 Å². The van der Waals surface area contributed by atoms with Crippen LogP contribution in [0.5, 0.6) is 0 Å². The second-order valence-electron chi connectivity index (χ2n) is 5.40. The molecule has 3 amide bonds. The van der Waals surface area contributed by atoms with Gasteiger partial charge in [-0.3, -0.25) is 19.5 Å². The van der Waals surface area contributed by atoms with E-state index in [0.29, 0.717) is 27.5 Å². The third-order valence-electron chi connectivity index (χ3n) is 3.58. The molecular formula is C18H16N4O3S. The fourth-order valence-corrected chi connectivity index (χ4v) is 3.40. The molecular weight excluding hydrogens is 352 g/mol. The molecule has 0 saturated carbocycles. The first kappa shape index (κ1) is 17.7. The van der Waals surface area contributed by atoms with E-state index in [2.05, 4.69) is 4.98 Å². The Morgan fingerprint density at radius 3 is 2.50 bits per heavy atom. The van der Waals surface area contributed by atoms with Gasteiger partial charge in [-0.1, -0.05) is 42.1 Å². The largest absolute Gasteiger partial charge is 0.351 e. The van der Waals surface area contributed by atoms with Crippen molar-refractivity contribution in [1.29, 1.82) is 0 Å². The molecule has 0 radical (unpaired) electrons. The van der Waals surface area contributed by atoms with Gasteiger partial charge in [0.2, 0.25) is 5.91 Å². The molecule has 0 aliphatic rings. The van der Waals surface area contributed by atoms with E-state index in [9.17, 15) is 14.4 Å². The molecule has 0 bridgehead atoms. The minimum absolute atomic E-state index is 0.0745. The number of fused-ring (bicyclic) bond motifs is 1. The van der Waals surface area contributed by atoms with Crippen LogP contribution in [0.25, 0.3) is 16.6 Å². The van der Waals surface area contributed by atoms with Crippen LogP contribution in [0.2, 0.25) is 0 Å². The van der Waals surface area contributed by atoms with Gasteiger partial charge in [-0.05, 0) is 24.3 Å². The van der Waals surface area contributed by atoms with Gasteiger partial charge in [0.15, 0.2) is 5.16 Å². The fourth-order valence-electron chi connectivity index (χ4n) is 2.45. The van der Waals surface area contributed by atoms with Crippen molar-refractivity contribution in [2.45, 2.75) is 11.6 Å². The van der Waals surface area contributed by atoms with Gasteiger partial charge >= 0.3 is 6.03 Å². The van der Waals surface area contributed by atoms with Crippen LogP contribution >= 0.6 is 11.8 Å². The van der Waals surface area contributed by atoms with Gasteiger partial charge in [0.05, 0.1) is 16.6 Å². The van der Waals surface area contributed by atoms with E-state index in [1.807, 2.05) is 41.7 Å². The lowest BCUT2D eigenvalue weighted by Gasteiger charge is -2.13. The number of rotatable bonds is 5. The van der Waals surface area contributed by atoms with Crippen LogP contribution in [0.4, 0.5) is 4.79 Å². The lowest BCUT2D eigenvalue weighted by molar-refractivity contribution is -0.119. The van der Waals surface area contributed by atoms with Crippen molar-refractivity contribution in [3.8, 4) is 5.69 Å². The van der Waals surface area contributed by atoms with E-state index in [1.54, 1.807) is 18.2 Å². The minimum atomic E-state index is -0.884. The number of carbonyl (C=O) groups excluding carboxylic acids is 2. The number of aromatic nitrogens is 2. The Kier molecular flexibility index (Phi) is 5.33. The van der Waals surface area contributed by atoms with Crippen molar-refractivity contribution in [1.82, 2.24) is 14.9 Å². The van der Waals surface area contributed by atoms with E-state index in [1.165, 1.54) is 16.3 Å². The van der Waals surface area contributed by atoms with E-state index in [4.69, 9.17) is 5.73 Å². The maximum atomic E-state index is 13.0. The highest BCUT2D eigenvalue weighted by Gasteiger charge is 2.14. The molecule has 3 rings (SSSR count). The quantitative estimate of drug-likeness (QED) is 0.529. The number of carbonyl (C=O) groups is 2. The second kappa shape index (κ2) is 7.83. The van der Waals surface area contributed by atoms with E-state index in [-0.39, 0.29) is 12.0 Å². The van der Waals surface area contributed by atoms with Crippen LogP contribution in [0.3, 0.4) is 0 Å². The summed E-state index contributed by atoms with van der Waals surface area (Å²) in [5, 5.41) is 3.01. The molecule has 7 nitrogen and oxygen atoms in total. The molecule has 0 spiro atoms. The SMILES string of the molecule is NC(=O)NC(=O)CCSc1nc2ccccc2c(=O)n1-c1ccccc1. The zero-order valence-corrected chi connectivity index (χ0v) is 14.5. The second-order valence-corrected chi connectivity index (χ2v) is 6.46. The first-order chi connectivity index (χ1) is 12.6. The highest BCUT2D eigenvalue weighted by atomic mass is 32.2. The molecule has 0 aliphatic heterocycles. The summed E-state index contributed by atoms with van der Waals surface area (Å²) < 4.78 is 1.53. The van der Waals surface area contributed by atoms with Crippen LogP contribution in [0, 0.1) is 0 Å². The lowest BCUT2D eigenvalue weighted by Crippen LogP contribution is -2.35. The number of hydrogen-bond donors (Lipinski definition) is 2. The number of nitrogens with one attached hydrogen (secondary N) is 1. The zero-order chi connectivity index (χ0) is 18.5. The maximum absolute atomic E-state index is 13.0. The number of nitrogens with two attached hydrogens (primary N) is 1. The van der Waals surface area contributed by atoms with Crippen molar-refractivity contribution in [2.75, 3.05) is 5.75 Å². The molecule has 0 fully saturated rings. The number of benzene rings is 2. The zero-order valence-electron chi connectivity index (χ0n) is 13.7. The molecule has 26 heavy (non-hydrogen) atoms. The van der Waals surface area contributed by atoms with Crippen molar-refractivity contribution < 1.29 is 9.59 Å². The molecule has 0 aliphatic carbocycles. The van der Waals surface area contributed by atoms with Gasteiger partial charge in [0.1, 0.15) is 0 Å². The summed E-state index contributed by atoms with van der Waals surface area (Å²) in [6.07, 6.45) is 0.0745. The lowest BCUT2D eigenvalue weighted by atomic mass is 10.2. The normalized spacial score (nSPS) is 10.6. The first-order valence-corrected chi connectivity index (χ1v) is 8.84. The predicted molar refractivity (Wildman–Crippen MR) is 100 cm³/mol. The molecule has 0 atom stereocenters. The van der Waals surface area contributed by atoms with Gasteiger partial charge in [-0.2, -0.15) is 0 Å². The summed E-state index contributed by atoms with van der Waals surface area (Å²) in [7, 11) is 0. The third kappa shape index (κ3) is 3.92. The summed E-state index contributed by atoms with van der Waals surface area (Å²) in [5.74, 6) is -0.129. The van der Waals surface area contributed by atoms with Gasteiger partial charge in [0.25, 0.3) is 5.56 Å². The van der Waals surface area contributed by atoms with Crippen LogP contribution in [-0.2, 0) is 4.79 Å². The highest BCUT2D eigenvalue weighted by Crippen LogP contribution is 2.21. The Labute approximate surface area is 153 Å². The van der Waals surface area contributed by atoms with Crippen LogP contribution in [0.15, 0.2) is 64.5 Å². The first-order valence-electron chi connectivity index (χ1n) is 7.85. The van der Waals surface area contributed by atoms with Crippen LogP contribution in [0.1, 0.15) is 6.42 Å². The summed E-state index contributed by atoms with van der Waals surface area (Å²) in [4.78, 5) is 39.8. The van der Waals surface area contributed by atoms with E-state index in [0.717, 1.165) is 0 Å². The Balaban J connectivity index is 1.96. The average Bonchev–Trinajstić information content (AvgIpc) is 2.62. The minimum Gasteiger partial charge on any atom is -0.351 e. The number of primary amides is 1. The molecule has 0 unspecified atom stereocenters. The standard InChI is InChI=1S/C18H16N4O3S/c19-17(25)21-15(23)10-11-26-18-20-14-9-5-4-8-13(14)16(24)22(18)12-6-2-1-3-7-12/h1-9H,10-11H2,(H3,19,21,23,25). The van der Waals surface area contributed by atoms with Gasteiger partial charge in [-0.25, -0.2) is 9.78 Å². The Hall–Kier alpha value is -3.13. The number of thioether (sulfide) groups is 1. The predicted octanol–water partition coefficient (Wildman–Crippen LogP) is 2.06. The third-order valence-corrected chi connectivity index (χ3v) is 4.52. The van der Waals surface area contributed by atoms with Crippen molar-refractivity contribution in [3.05, 3.63) is 65.0 Å². The molecule has 1 heterocycles.